The van der Waals surface area contributed by atoms with E-state index in [1.807, 2.05) is 43.6 Å². The molecule has 1 saturated heterocycles. The van der Waals surface area contributed by atoms with E-state index in [1.54, 1.807) is 28.4 Å². The molecular formula is C25H22ClN9S2. The number of fused-ring (bicyclic) bond motifs is 2. The molecule has 1 aliphatic carbocycles. The van der Waals surface area contributed by atoms with Crippen molar-refractivity contribution in [2.75, 3.05) is 24.5 Å². The van der Waals surface area contributed by atoms with Crippen LogP contribution in [0.25, 0.3) is 17.0 Å². The van der Waals surface area contributed by atoms with Gasteiger partial charge in [0.15, 0.2) is 11.5 Å². The first kappa shape index (κ1) is 23.0. The van der Waals surface area contributed by atoms with Gasteiger partial charge in [-0.15, -0.1) is 11.3 Å². The van der Waals surface area contributed by atoms with Crippen LogP contribution in [0.5, 0.6) is 0 Å². The third-order valence-corrected chi connectivity index (χ3v) is 9.99. The number of hydrogen-bond acceptors (Lipinski definition) is 10. The summed E-state index contributed by atoms with van der Waals surface area (Å²) in [5.74, 6) is 2.47. The maximum absolute atomic E-state index is 6.63. The first-order valence-electron chi connectivity index (χ1n) is 11.9. The zero-order valence-electron chi connectivity index (χ0n) is 19.8. The van der Waals surface area contributed by atoms with Gasteiger partial charge in [-0.25, -0.2) is 29.6 Å². The summed E-state index contributed by atoms with van der Waals surface area (Å²) in [6.07, 6.45) is 7.04. The summed E-state index contributed by atoms with van der Waals surface area (Å²) in [5, 5.41) is 8.84. The monoisotopic (exact) mass is 547 g/mol. The Balaban J connectivity index is 1.09. The summed E-state index contributed by atoms with van der Waals surface area (Å²) in [4.78, 5) is 26.5. The number of pyridine rings is 2. The minimum absolute atomic E-state index is 0.0267. The second-order valence-electron chi connectivity index (χ2n) is 9.38. The maximum atomic E-state index is 6.63. The van der Waals surface area contributed by atoms with Crippen LogP contribution in [-0.2, 0) is 5.41 Å². The molecule has 2 aliphatic rings. The molecule has 0 bridgehead atoms. The molecule has 2 atom stereocenters. The van der Waals surface area contributed by atoms with Crippen LogP contribution in [0, 0.1) is 18.8 Å². The smallest absolute Gasteiger partial charge is 0.179 e. The highest BCUT2D eigenvalue weighted by Gasteiger charge is 2.69. The second kappa shape index (κ2) is 8.73. The van der Waals surface area contributed by atoms with E-state index < -0.39 is 0 Å². The Kier molecular flexibility index (Phi) is 5.43. The number of rotatable bonds is 6. The fraction of sp³-hybridized carbons (Fsp3) is 0.280. The Labute approximate surface area is 226 Å². The lowest BCUT2D eigenvalue weighted by molar-refractivity contribution is 0.549. The molecule has 5 aromatic rings. The molecular weight excluding hydrogens is 526 g/mol. The number of piperidine rings is 1. The van der Waals surface area contributed by atoms with Crippen LogP contribution in [0.3, 0.4) is 0 Å². The van der Waals surface area contributed by atoms with Crippen LogP contribution in [0.4, 0.5) is 5.82 Å². The molecule has 0 radical (unpaired) electrons. The fourth-order valence-electron chi connectivity index (χ4n) is 5.44. The minimum atomic E-state index is 0.0267. The number of halogens is 1. The largest absolute Gasteiger partial charge is 0.355 e. The van der Waals surface area contributed by atoms with Crippen LogP contribution < -0.4 is 10.6 Å². The molecule has 12 heteroatoms. The van der Waals surface area contributed by atoms with E-state index >= 15 is 0 Å². The molecule has 0 spiro atoms. The molecule has 6 heterocycles. The van der Waals surface area contributed by atoms with E-state index in [0.29, 0.717) is 34.9 Å². The van der Waals surface area contributed by atoms with E-state index in [2.05, 4.69) is 25.3 Å². The molecule has 37 heavy (non-hydrogen) atoms. The maximum Gasteiger partial charge on any atom is 0.179 e. The Morgan fingerprint density at radius 3 is 2.73 bits per heavy atom. The van der Waals surface area contributed by atoms with Crippen molar-refractivity contribution < 1.29 is 0 Å². The molecule has 5 aromatic heterocycles. The first-order valence-corrected chi connectivity index (χ1v) is 14.0. The minimum Gasteiger partial charge on any atom is -0.355 e. The molecule has 1 saturated carbocycles. The summed E-state index contributed by atoms with van der Waals surface area (Å²) in [5.41, 5.74) is 8.73. The van der Waals surface area contributed by atoms with Crippen molar-refractivity contribution in [3.8, 4) is 5.82 Å². The third-order valence-electron chi connectivity index (χ3n) is 7.35. The lowest BCUT2D eigenvalue weighted by Crippen LogP contribution is -2.35. The number of nitrogens with two attached hydrogens (primary N) is 1. The molecule has 9 nitrogen and oxygen atoms in total. The topological polar surface area (TPSA) is 112 Å². The zero-order chi connectivity index (χ0) is 25.1. The highest BCUT2D eigenvalue weighted by Crippen LogP contribution is 2.63. The van der Waals surface area contributed by atoms with Crippen LogP contribution >= 0.6 is 34.7 Å². The van der Waals surface area contributed by atoms with Crippen molar-refractivity contribution in [2.45, 2.75) is 22.3 Å². The van der Waals surface area contributed by atoms with E-state index in [0.717, 1.165) is 40.0 Å². The number of nitrogens with zero attached hydrogens (tertiary/aromatic N) is 8. The van der Waals surface area contributed by atoms with Gasteiger partial charge in [0.25, 0.3) is 0 Å². The Bertz CT molecular complexity index is 1610. The summed E-state index contributed by atoms with van der Waals surface area (Å²) in [6.45, 7) is 4.52. The predicted molar refractivity (Wildman–Crippen MR) is 145 cm³/mol. The average Bonchev–Trinajstić information content (AvgIpc) is 3.48. The van der Waals surface area contributed by atoms with Gasteiger partial charge in [-0.05, 0) is 43.0 Å². The molecule has 2 unspecified atom stereocenters. The highest BCUT2D eigenvalue weighted by atomic mass is 35.5. The van der Waals surface area contributed by atoms with Gasteiger partial charge in [0.05, 0.1) is 11.2 Å². The van der Waals surface area contributed by atoms with Crippen molar-refractivity contribution in [1.29, 1.82) is 0 Å². The average molecular weight is 548 g/mol. The Hall–Kier alpha value is -3.12. The number of aryl methyl sites for hydroxylation is 1. The standard InChI is InChI=1S/C25H22ClN9S2/c1-14-12-36-24(31-14)25(13-27)15-10-34(11-16(15)25)19-9-29-22-17(32-19)3-4-20(33-22)37-18-5-7-28-23(21(18)26)35-8-2-6-30-35/h2-9,12,15-16H,10-11,13,27H2,1H3. The van der Waals surface area contributed by atoms with Gasteiger partial charge in [0, 0.05) is 59.6 Å². The van der Waals surface area contributed by atoms with Crippen molar-refractivity contribution in [1.82, 2.24) is 34.7 Å². The molecule has 0 aromatic carbocycles. The van der Waals surface area contributed by atoms with Gasteiger partial charge in [0.1, 0.15) is 21.4 Å². The Morgan fingerprint density at radius 2 is 2.00 bits per heavy atom. The van der Waals surface area contributed by atoms with Crippen LogP contribution in [0.1, 0.15) is 10.7 Å². The van der Waals surface area contributed by atoms with E-state index in [4.69, 9.17) is 32.3 Å². The molecule has 0 amide bonds. The predicted octanol–water partition coefficient (Wildman–Crippen LogP) is 4.14. The lowest BCUT2D eigenvalue weighted by atomic mass is 10.0. The second-order valence-corrected chi connectivity index (χ2v) is 11.7. The SMILES string of the molecule is Cc1csc(C2(CN)C3CN(c4cnc5nc(Sc6ccnc(-n7cccn7)c6Cl)ccc5n4)CC32)n1. The molecule has 2 N–H and O–H groups in total. The Morgan fingerprint density at radius 1 is 1.14 bits per heavy atom. The van der Waals surface area contributed by atoms with Crippen molar-refractivity contribution in [3.63, 3.8) is 0 Å². The van der Waals surface area contributed by atoms with Gasteiger partial charge in [0.2, 0.25) is 0 Å². The number of aromatic nitrogens is 7. The summed E-state index contributed by atoms with van der Waals surface area (Å²) < 4.78 is 1.64. The third kappa shape index (κ3) is 3.71. The van der Waals surface area contributed by atoms with Gasteiger partial charge in [-0.2, -0.15) is 5.10 Å². The fourth-order valence-corrected chi connectivity index (χ4v) is 7.70. The summed E-state index contributed by atoms with van der Waals surface area (Å²) in [6, 6.07) is 7.61. The number of anilines is 1. The highest BCUT2D eigenvalue weighted by molar-refractivity contribution is 7.99. The van der Waals surface area contributed by atoms with Crippen molar-refractivity contribution >= 4 is 51.7 Å². The van der Waals surface area contributed by atoms with Crippen LogP contribution in [0.2, 0.25) is 5.02 Å². The number of thiazole rings is 1. The van der Waals surface area contributed by atoms with E-state index in [9.17, 15) is 0 Å². The lowest BCUT2D eigenvalue weighted by Gasteiger charge is -2.25. The van der Waals surface area contributed by atoms with E-state index in [-0.39, 0.29) is 5.41 Å². The van der Waals surface area contributed by atoms with Gasteiger partial charge in [-0.3, -0.25) is 0 Å². The number of hydrogen-bond donors (Lipinski definition) is 1. The molecule has 2 fully saturated rings. The first-order chi connectivity index (χ1) is 18.1. The zero-order valence-corrected chi connectivity index (χ0v) is 22.2. The van der Waals surface area contributed by atoms with Gasteiger partial charge < -0.3 is 10.6 Å². The summed E-state index contributed by atoms with van der Waals surface area (Å²) >= 11 is 9.83. The normalized spacial score (nSPS) is 22.5. The van der Waals surface area contributed by atoms with Crippen LogP contribution in [0.15, 0.2) is 64.4 Å². The molecule has 186 valence electrons. The van der Waals surface area contributed by atoms with Gasteiger partial charge >= 0.3 is 0 Å². The molecule has 7 rings (SSSR count). The van der Waals surface area contributed by atoms with Gasteiger partial charge in [-0.1, -0.05) is 23.4 Å². The quantitative estimate of drug-likeness (QED) is 0.335. The van der Waals surface area contributed by atoms with Crippen LogP contribution in [-0.4, -0.2) is 54.3 Å². The van der Waals surface area contributed by atoms with Crippen molar-refractivity contribution in [2.24, 2.45) is 17.6 Å². The molecule has 1 aliphatic heterocycles. The van der Waals surface area contributed by atoms with Crippen molar-refractivity contribution in [3.05, 3.63) is 70.2 Å². The summed E-state index contributed by atoms with van der Waals surface area (Å²) in [7, 11) is 0. The van der Waals surface area contributed by atoms with E-state index in [1.165, 1.54) is 16.8 Å².